The molecule has 0 radical (unpaired) electrons. The van der Waals surface area contributed by atoms with Crippen LogP contribution in [0.5, 0.6) is 0 Å². The zero-order valence-corrected chi connectivity index (χ0v) is 14.2. The van der Waals surface area contributed by atoms with E-state index in [0.29, 0.717) is 22.4 Å². The van der Waals surface area contributed by atoms with E-state index in [-0.39, 0.29) is 17.1 Å². The van der Waals surface area contributed by atoms with Crippen LogP contribution in [-0.4, -0.2) is 25.8 Å². The molecule has 1 heterocycles. The van der Waals surface area contributed by atoms with E-state index < -0.39 is 10.8 Å². The molecule has 0 atom stereocenters. The zero-order valence-electron chi connectivity index (χ0n) is 14.2. The normalized spacial score (nSPS) is 10.8. The molecule has 4 aromatic rings. The van der Waals surface area contributed by atoms with Crippen molar-refractivity contribution in [2.75, 3.05) is 5.32 Å². The van der Waals surface area contributed by atoms with E-state index in [2.05, 4.69) is 15.5 Å². The first-order valence-electron chi connectivity index (χ1n) is 8.18. The third kappa shape index (κ3) is 3.40. The average Bonchev–Trinajstić information content (AvgIpc) is 3.12. The summed E-state index contributed by atoms with van der Waals surface area (Å²) in [5.41, 5.74) is 2.20. The van der Waals surface area contributed by atoms with Crippen molar-refractivity contribution in [1.82, 2.24) is 15.0 Å². The number of halogens is 1. The number of fused-ring (bicyclic) bond motifs is 1. The van der Waals surface area contributed by atoms with Gasteiger partial charge in [0, 0.05) is 23.4 Å². The summed E-state index contributed by atoms with van der Waals surface area (Å²) in [5.74, 6) is -0.833. The van der Waals surface area contributed by atoms with E-state index in [9.17, 15) is 19.3 Å². The fraction of sp³-hybridized carbons (Fsp3) is 0. The Balaban J connectivity index is 1.59. The summed E-state index contributed by atoms with van der Waals surface area (Å²) in [5, 5.41) is 22.2. The molecule has 9 heteroatoms. The first-order valence-corrected chi connectivity index (χ1v) is 8.18. The van der Waals surface area contributed by atoms with Crippen LogP contribution in [0, 0.1) is 15.9 Å². The largest absolute Gasteiger partial charge is 0.322 e. The smallest absolute Gasteiger partial charge is 0.270 e. The van der Waals surface area contributed by atoms with Crippen LogP contribution in [0.2, 0.25) is 0 Å². The minimum atomic E-state index is -0.559. The highest BCUT2D eigenvalue weighted by atomic mass is 19.1. The maximum absolute atomic E-state index is 13.1. The zero-order chi connectivity index (χ0) is 19.7. The Morgan fingerprint density at radius 3 is 2.50 bits per heavy atom. The Morgan fingerprint density at radius 2 is 1.75 bits per heavy atom. The predicted octanol–water partition coefficient (Wildman–Crippen LogP) is 3.72. The van der Waals surface area contributed by atoms with Crippen LogP contribution < -0.4 is 5.32 Å². The number of hydrogen-bond donors (Lipinski definition) is 1. The molecule has 8 nitrogen and oxygen atoms in total. The van der Waals surface area contributed by atoms with Crippen LogP contribution in [0.25, 0.3) is 16.7 Å². The Labute approximate surface area is 157 Å². The van der Waals surface area contributed by atoms with Crippen LogP contribution in [0.15, 0.2) is 66.7 Å². The molecule has 0 saturated heterocycles. The van der Waals surface area contributed by atoms with Crippen molar-refractivity contribution in [2.24, 2.45) is 0 Å². The maximum atomic E-state index is 13.1. The van der Waals surface area contributed by atoms with E-state index in [1.54, 1.807) is 30.3 Å². The van der Waals surface area contributed by atoms with Crippen molar-refractivity contribution < 1.29 is 14.1 Å². The number of aromatic nitrogens is 3. The van der Waals surface area contributed by atoms with Gasteiger partial charge in [-0.1, -0.05) is 6.07 Å². The number of amides is 1. The summed E-state index contributed by atoms with van der Waals surface area (Å²) in [6.07, 6.45) is 0. The van der Waals surface area contributed by atoms with Gasteiger partial charge in [-0.15, -0.1) is 10.2 Å². The van der Waals surface area contributed by atoms with Crippen molar-refractivity contribution in [3.8, 4) is 5.69 Å². The fourth-order valence-electron chi connectivity index (χ4n) is 2.65. The maximum Gasteiger partial charge on any atom is 0.270 e. The number of rotatable bonds is 4. The highest BCUT2D eigenvalue weighted by molar-refractivity contribution is 6.05. The van der Waals surface area contributed by atoms with Gasteiger partial charge in [-0.25, -0.2) is 4.39 Å². The molecule has 0 unspecified atom stereocenters. The van der Waals surface area contributed by atoms with Gasteiger partial charge in [0.05, 0.1) is 10.6 Å². The van der Waals surface area contributed by atoms with Crippen molar-refractivity contribution in [3.63, 3.8) is 0 Å². The van der Waals surface area contributed by atoms with Crippen LogP contribution >= 0.6 is 0 Å². The second kappa shape index (κ2) is 6.88. The number of carbonyl (C=O) groups is 1. The number of nitro benzene ring substituents is 1. The number of anilines is 1. The van der Waals surface area contributed by atoms with Gasteiger partial charge in [0.15, 0.2) is 0 Å². The van der Waals surface area contributed by atoms with E-state index in [1.807, 2.05) is 0 Å². The molecule has 28 heavy (non-hydrogen) atoms. The highest BCUT2D eigenvalue weighted by Gasteiger charge is 2.13. The molecule has 1 aromatic heterocycles. The van der Waals surface area contributed by atoms with Gasteiger partial charge in [0.25, 0.3) is 11.6 Å². The molecule has 0 spiro atoms. The van der Waals surface area contributed by atoms with Crippen molar-refractivity contribution in [2.45, 2.75) is 0 Å². The topological polar surface area (TPSA) is 103 Å². The van der Waals surface area contributed by atoms with Crippen LogP contribution in [0.3, 0.4) is 0 Å². The summed E-state index contributed by atoms with van der Waals surface area (Å²) in [7, 11) is 0. The molecule has 4 rings (SSSR count). The molecule has 0 saturated carbocycles. The summed E-state index contributed by atoms with van der Waals surface area (Å²) in [4.78, 5) is 24.0. The Bertz CT molecular complexity index is 1200. The van der Waals surface area contributed by atoms with E-state index in [4.69, 9.17) is 0 Å². The lowest BCUT2D eigenvalue weighted by molar-refractivity contribution is -0.384. The van der Waals surface area contributed by atoms with E-state index in [0.717, 1.165) is 0 Å². The van der Waals surface area contributed by atoms with Gasteiger partial charge >= 0.3 is 0 Å². The number of nitro groups is 1. The molecular weight excluding hydrogens is 365 g/mol. The van der Waals surface area contributed by atoms with Gasteiger partial charge in [0.2, 0.25) is 0 Å². The first kappa shape index (κ1) is 17.3. The monoisotopic (exact) mass is 377 g/mol. The summed E-state index contributed by atoms with van der Waals surface area (Å²) >= 11 is 0. The van der Waals surface area contributed by atoms with Crippen LogP contribution in [0.4, 0.5) is 15.8 Å². The molecule has 0 bridgehead atoms. The number of carbonyl (C=O) groups excluding carboxylic acids is 1. The summed E-state index contributed by atoms with van der Waals surface area (Å²) in [6, 6.07) is 16.2. The molecule has 0 fully saturated rings. The fourth-order valence-corrected chi connectivity index (χ4v) is 2.65. The number of nitrogens with zero attached hydrogens (tertiary/aromatic N) is 4. The van der Waals surface area contributed by atoms with Crippen LogP contribution in [-0.2, 0) is 0 Å². The molecule has 0 aliphatic carbocycles. The Hall–Kier alpha value is -4.14. The summed E-state index contributed by atoms with van der Waals surface area (Å²) < 4.78 is 13.1. The quantitative estimate of drug-likeness (QED) is 0.431. The first-order chi connectivity index (χ1) is 13.5. The molecule has 0 aliphatic heterocycles. The van der Waals surface area contributed by atoms with Gasteiger partial charge in [-0.2, -0.15) is 4.80 Å². The van der Waals surface area contributed by atoms with Crippen molar-refractivity contribution in [3.05, 3.63) is 88.2 Å². The second-order valence-corrected chi connectivity index (χ2v) is 5.93. The second-order valence-electron chi connectivity index (χ2n) is 5.93. The third-order valence-electron chi connectivity index (χ3n) is 4.01. The highest BCUT2D eigenvalue weighted by Crippen LogP contribution is 2.19. The minimum absolute atomic E-state index is 0.162. The van der Waals surface area contributed by atoms with Gasteiger partial charge in [-0.3, -0.25) is 14.9 Å². The van der Waals surface area contributed by atoms with Gasteiger partial charge in [-0.05, 0) is 48.5 Å². The Kier molecular flexibility index (Phi) is 4.24. The molecule has 1 amide bonds. The van der Waals surface area contributed by atoms with E-state index >= 15 is 0 Å². The minimum Gasteiger partial charge on any atom is -0.322 e. The molecule has 3 aromatic carbocycles. The standard InChI is InChI=1S/C19H12FN5O3/c20-13-4-7-15(8-5-13)24-22-17-9-6-14(11-18(17)23-24)21-19(26)12-2-1-3-16(10-12)25(27)28/h1-11H,(H,21,26). The lowest BCUT2D eigenvalue weighted by atomic mass is 10.2. The SMILES string of the molecule is O=C(Nc1ccc2nn(-c3ccc(F)cc3)nc2c1)c1cccc([N+](=O)[O-])c1. The van der Waals surface area contributed by atoms with Gasteiger partial charge in [0.1, 0.15) is 16.9 Å². The lowest BCUT2D eigenvalue weighted by Gasteiger charge is -2.04. The lowest BCUT2D eigenvalue weighted by Crippen LogP contribution is -2.12. The number of hydrogen-bond acceptors (Lipinski definition) is 5. The molecule has 138 valence electrons. The number of nitrogens with one attached hydrogen (secondary N) is 1. The third-order valence-corrected chi connectivity index (χ3v) is 4.01. The Morgan fingerprint density at radius 1 is 1.00 bits per heavy atom. The van der Waals surface area contributed by atoms with Crippen molar-refractivity contribution >= 4 is 28.3 Å². The summed E-state index contributed by atoms with van der Waals surface area (Å²) in [6.45, 7) is 0. The molecule has 0 aliphatic rings. The number of benzene rings is 3. The van der Waals surface area contributed by atoms with E-state index in [1.165, 1.54) is 41.2 Å². The van der Waals surface area contributed by atoms with Crippen LogP contribution in [0.1, 0.15) is 10.4 Å². The predicted molar refractivity (Wildman–Crippen MR) is 99.9 cm³/mol. The van der Waals surface area contributed by atoms with Crippen molar-refractivity contribution in [1.29, 1.82) is 0 Å². The molecular formula is C19H12FN5O3. The number of non-ortho nitro benzene ring substituents is 1. The van der Waals surface area contributed by atoms with Gasteiger partial charge < -0.3 is 5.32 Å². The molecule has 1 N–H and O–H groups in total. The average molecular weight is 377 g/mol.